The number of methoxy groups -OCH3 is 1. The van der Waals surface area contributed by atoms with Gasteiger partial charge in [0.2, 0.25) is 0 Å². The average Bonchev–Trinajstić information content (AvgIpc) is 2.78. The van der Waals surface area contributed by atoms with Gasteiger partial charge in [0, 0.05) is 31.4 Å². The summed E-state index contributed by atoms with van der Waals surface area (Å²) in [5.41, 5.74) is 3.97. The third kappa shape index (κ3) is 4.64. The molecule has 1 atom stereocenters. The number of benzene rings is 2. The van der Waals surface area contributed by atoms with Gasteiger partial charge < -0.3 is 24.8 Å². The van der Waals surface area contributed by atoms with Crippen LogP contribution in [0.1, 0.15) is 49.8 Å². The van der Waals surface area contributed by atoms with Gasteiger partial charge in [-0.3, -0.25) is 0 Å². The van der Waals surface area contributed by atoms with Crippen molar-refractivity contribution in [3.8, 4) is 22.6 Å². The van der Waals surface area contributed by atoms with E-state index in [1.165, 1.54) is 0 Å². The average molecular weight is 425 g/mol. The lowest BCUT2D eigenvalue weighted by atomic mass is 9.81. The zero-order valence-corrected chi connectivity index (χ0v) is 18.6. The van der Waals surface area contributed by atoms with Crippen molar-refractivity contribution in [2.75, 3.05) is 26.9 Å². The number of carbonyl (C=O) groups is 1. The predicted molar refractivity (Wildman–Crippen MR) is 121 cm³/mol. The molecule has 1 fully saturated rings. The minimum Gasteiger partial charge on any atom is -0.496 e. The molecule has 2 aromatic carbocycles. The molecule has 2 N–H and O–H groups in total. The van der Waals surface area contributed by atoms with Gasteiger partial charge in [0.05, 0.1) is 26.4 Å². The minimum absolute atomic E-state index is 0.119. The first kappa shape index (κ1) is 21.5. The molecule has 2 aliphatic heterocycles. The van der Waals surface area contributed by atoms with Gasteiger partial charge in [-0.15, -0.1) is 0 Å². The highest BCUT2D eigenvalue weighted by Gasteiger charge is 2.42. The predicted octanol–water partition coefficient (Wildman–Crippen LogP) is 4.75. The summed E-state index contributed by atoms with van der Waals surface area (Å²) in [6.45, 7) is 6.11. The second-order valence-corrected chi connectivity index (χ2v) is 8.49. The fraction of sp³-hybridized carbons (Fsp3) is 0.480. The Morgan fingerprint density at radius 2 is 1.90 bits per heavy atom. The zero-order chi connectivity index (χ0) is 21.8. The molecule has 1 unspecified atom stereocenters. The molecule has 0 saturated carbocycles. The van der Waals surface area contributed by atoms with Crippen LogP contribution in [0.15, 0.2) is 36.4 Å². The second-order valence-electron chi connectivity index (χ2n) is 8.49. The summed E-state index contributed by atoms with van der Waals surface area (Å²) in [5.74, 6) is 1.71. The van der Waals surface area contributed by atoms with Crippen LogP contribution < -0.4 is 20.1 Å². The molecule has 0 aliphatic carbocycles. The lowest BCUT2D eigenvalue weighted by Gasteiger charge is -2.44. The Morgan fingerprint density at radius 1 is 1.16 bits per heavy atom. The summed E-state index contributed by atoms with van der Waals surface area (Å²) in [7, 11) is 1.69. The number of aryl methyl sites for hydroxylation is 1. The SMILES string of the molecule is CCCNC(=O)NC1CC2(CCOCC2)Oc2ccc(-c3ccc(C)c(OC)c3)cc21. The fourth-order valence-corrected chi connectivity index (χ4v) is 4.48. The van der Waals surface area contributed by atoms with Crippen molar-refractivity contribution in [3.63, 3.8) is 0 Å². The molecule has 0 bridgehead atoms. The van der Waals surface area contributed by atoms with E-state index in [0.717, 1.165) is 59.4 Å². The van der Waals surface area contributed by atoms with Gasteiger partial charge in [0.15, 0.2) is 0 Å². The summed E-state index contributed by atoms with van der Waals surface area (Å²) >= 11 is 0. The highest BCUT2D eigenvalue weighted by atomic mass is 16.5. The Hall–Kier alpha value is -2.73. The number of ether oxygens (including phenoxy) is 3. The molecule has 6 heteroatoms. The molecule has 6 nitrogen and oxygen atoms in total. The molecular weight excluding hydrogens is 392 g/mol. The number of hydrogen-bond donors (Lipinski definition) is 2. The van der Waals surface area contributed by atoms with Crippen LogP contribution in [0.2, 0.25) is 0 Å². The van der Waals surface area contributed by atoms with Crippen molar-refractivity contribution in [3.05, 3.63) is 47.5 Å². The first-order chi connectivity index (χ1) is 15.0. The summed E-state index contributed by atoms with van der Waals surface area (Å²) in [6.07, 6.45) is 3.30. The third-order valence-corrected chi connectivity index (χ3v) is 6.27. The van der Waals surface area contributed by atoms with Crippen LogP contribution in [0.25, 0.3) is 11.1 Å². The smallest absolute Gasteiger partial charge is 0.315 e. The molecule has 0 aromatic heterocycles. The normalized spacial score (nSPS) is 19.3. The Labute approximate surface area is 184 Å². The van der Waals surface area contributed by atoms with E-state index < -0.39 is 0 Å². The number of urea groups is 1. The van der Waals surface area contributed by atoms with Gasteiger partial charge in [0.25, 0.3) is 0 Å². The fourth-order valence-electron chi connectivity index (χ4n) is 4.48. The number of fused-ring (bicyclic) bond motifs is 1. The van der Waals surface area contributed by atoms with E-state index in [9.17, 15) is 4.79 Å². The lowest BCUT2D eigenvalue weighted by Crippen LogP contribution is -2.49. The Morgan fingerprint density at radius 3 is 2.65 bits per heavy atom. The third-order valence-electron chi connectivity index (χ3n) is 6.27. The molecule has 1 saturated heterocycles. The van der Waals surface area contributed by atoms with Crippen molar-refractivity contribution in [2.45, 2.75) is 51.2 Å². The van der Waals surface area contributed by atoms with Crippen LogP contribution in [0, 0.1) is 6.92 Å². The highest BCUT2D eigenvalue weighted by Crippen LogP contribution is 2.45. The van der Waals surface area contributed by atoms with Crippen molar-refractivity contribution in [2.24, 2.45) is 0 Å². The van der Waals surface area contributed by atoms with Crippen LogP contribution in [-0.2, 0) is 4.74 Å². The molecular formula is C25H32N2O4. The highest BCUT2D eigenvalue weighted by molar-refractivity contribution is 5.75. The molecule has 2 aromatic rings. The summed E-state index contributed by atoms with van der Waals surface area (Å²) < 4.78 is 17.6. The topological polar surface area (TPSA) is 68.8 Å². The number of nitrogens with one attached hydrogen (secondary N) is 2. The van der Waals surface area contributed by atoms with Gasteiger partial charge in [-0.25, -0.2) is 4.79 Å². The molecule has 31 heavy (non-hydrogen) atoms. The van der Waals surface area contributed by atoms with Crippen LogP contribution in [0.4, 0.5) is 4.79 Å². The van der Waals surface area contributed by atoms with Crippen molar-refractivity contribution in [1.82, 2.24) is 10.6 Å². The second kappa shape index (κ2) is 9.18. The van der Waals surface area contributed by atoms with E-state index in [1.54, 1.807) is 7.11 Å². The van der Waals surface area contributed by atoms with Crippen LogP contribution in [0.5, 0.6) is 11.5 Å². The molecule has 2 amide bonds. The molecule has 2 aliphatic rings. The molecule has 2 heterocycles. The van der Waals surface area contributed by atoms with E-state index >= 15 is 0 Å². The number of rotatable bonds is 5. The quantitative estimate of drug-likeness (QED) is 0.727. The Kier molecular flexibility index (Phi) is 6.37. The first-order valence-corrected chi connectivity index (χ1v) is 11.1. The maximum atomic E-state index is 12.5. The maximum absolute atomic E-state index is 12.5. The van der Waals surface area contributed by atoms with Crippen LogP contribution in [0.3, 0.4) is 0 Å². The Bertz CT molecular complexity index is 937. The van der Waals surface area contributed by atoms with Gasteiger partial charge >= 0.3 is 6.03 Å². The number of hydrogen-bond acceptors (Lipinski definition) is 4. The summed E-state index contributed by atoms with van der Waals surface area (Å²) in [4.78, 5) is 12.5. The standard InChI is InChI=1S/C25H32N2O4/c1-4-11-26-24(28)27-21-16-25(9-12-30-13-10-25)31-22-8-7-18(14-20(21)22)19-6-5-17(2)23(15-19)29-3/h5-8,14-15,21H,4,9-13,16H2,1-3H3,(H2,26,27,28). The van der Waals surface area contributed by atoms with E-state index in [0.29, 0.717) is 19.8 Å². The minimum atomic E-state index is -0.289. The van der Waals surface area contributed by atoms with Crippen molar-refractivity contribution >= 4 is 6.03 Å². The first-order valence-electron chi connectivity index (χ1n) is 11.1. The van der Waals surface area contributed by atoms with E-state index in [4.69, 9.17) is 14.2 Å². The zero-order valence-electron chi connectivity index (χ0n) is 18.6. The van der Waals surface area contributed by atoms with Crippen molar-refractivity contribution < 1.29 is 19.0 Å². The van der Waals surface area contributed by atoms with Gasteiger partial charge in [-0.1, -0.05) is 25.1 Å². The van der Waals surface area contributed by atoms with Crippen LogP contribution >= 0.6 is 0 Å². The van der Waals surface area contributed by atoms with Gasteiger partial charge in [0.1, 0.15) is 17.1 Å². The largest absolute Gasteiger partial charge is 0.496 e. The lowest BCUT2D eigenvalue weighted by molar-refractivity contribution is -0.0637. The van der Waals surface area contributed by atoms with Crippen molar-refractivity contribution in [1.29, 1.82) is 0 Å². The summed E-state index contributed by atoms with van der Waals surface area (Å²) in [6, 6.07) is 12.2. The number of amides is 2. The van der Waals surface area contributed by atoms with E-state index in [1.807, 2.05) is 19.9 Å². The van der Waals surface area contributed by atoms with E-state index in [2.05, 4.69) is 41.0 Å². The van der Waals surface area contributed by atoms with Gasteiger partial charge in [-0.05, 0) is 48.2 Å². The van der Waals surface area contributed by atoms with E-state index in [-0.39, 0.29) is 17.7 Å². The monoisotopic (exact) mass is 424 g/mol. The molecule has 0 radical (unpaired) electrons. The Balaban J connectivity index is 1.68. The molecule has 4 rings (SSSR count). The van der Waals surface area contributed by atoms with Crippen LogP contribution in [-0.4, -0.2) is 38.5 Å². The maximum Gasteiger partial charge on any atom is 0.315 e. The molecule has 1 spiro atoms. The summed E-state index contributed by atoms with van der Waals surface area (Å²) in [5, 5.41) is 6.13. The number of carbonyl (C=O) groups excluding carboxylic acids is 1. The van der Waals surface area contributed by atoms with Gasteiger partial charge in [-0.2, -0.15) is 0 Å². The molecule has 166 valence electrons.